The molecule has 5 nitrogen and oxygen atoms in total. The topological polar surface area (TPSA) is 67.2 Å². The van der Waals surface area contributed by atoms with Crippen LogP contribution in [-0.2, 0) is 30.4 Å². The fraction of sp³-hybridized carbons (Fsp3) is 0.375. The lowest BCUT2D eigenvalue weighted by atomic mass is 10.1. The lowest BCUT2D eigenvalue weighted by molar-refractivity contribution is -0.142. The highest BCUT2D eigenvalue weighted by Crippen LogP contribution is 2.30. The lowest BCUT2D eigenvalue weighted by Gasteiger charge is -2.06. The molecule has 2 N–H and O–H groups in total. The van der Waals surface area contributed by atoms with E-state index in [0.29, 0.717) is 5.69 Å². The molecule has 0 saturated heterocycles. The van der Waals surface area contributed by atoms with Crippen LogP contribution in [0.5, 0.6) is 0 Å². The minimum atomic E-state index is -4.62. The summed E-state index contributed by atoms with van der Waals surface area (Å²) in [6.07, 6.45) is -2.79. The number of aromatic nitrogens is 2. The Labute approximate surface area is 137 Å². The van der Waals surface area contributed by atoms with Gasteiger partial charge in [-0.05, 0) is 30.5 Å². The number of aryl methyl sites for hydroxylation is 1. The minimum Gasteiger partial charge on any atom is -0.396 e. The molecular formula is C16H18F3N3O2. The number of carbonyl (C=O) groups is 1. The highest BCUT2D eigenvalue weighted by atomic mass is 19.4. The van der Waals surface area contributed by atoms with Crippen LogP contribution in [-0.4, -0.2) is 27.4 Å². The number of nitrogens with one attached hydrogen (secondary N) is 1. The maximum absolute atomic E-state index is 12.9. The van der Waals surface area contributed by atoms with Crippen molar-refractivity contribution in [1.82, 2.24) is 9.78 Å². The van der Waals surface area contributed by atoms with Gasteiger partial charge in [-0.1, -0.05) is 19.1 Å². The Bertz CT molecular complexity index is 694. The average Bonchev–Trinajstić information content (AvgIpc) is 2.91. The Morgan fingerprint density at radius 2 is 1.96 bits per heavy atom. The van der Waals surface area contributed by atoms with Crippen molar-refractivity contribution in [2.45, 2.75) is 32.5 Å². The predicted octanol–water partition coefficient (Wildman–Crippen LogP) is 2.64. The number of rotatable bonds is 6. The maximum atomic E-state index is 12.9. The van der Waals surface area contributed by atoms with Gasteiger partial charge in [0.05, 0.1) is 0 Å². The van der Waals surface area contributed by atoms with Crippen LogP contribution < -0.4 is 5.32 Å². The minimum absolute atomic E-state index is 0.134. The molecule has 0 saturated carbocycles. The van der Waals surface area contributed by atoms with Crippen molar-refractivity contribution in [2.24, 2.45) is 0 Å². The van der Waals surface area contributed by atoms with Gasteiger partial charge in [0.1, 0.15) is 6.54 Å². The van der Waals surface area contributed by atoms with Crippen LogP contribution >= 0.6 is 0 Å². The van der Waals surface area contributed by atoms with Gasteiger partial charge in [0.2, 0.25) is 5.91 Å². The van der Waals surface area contributed by atoms with Crippen LogP contribution in [0.1, 0.15) is 23.7 Å². The predicted molar refractivity (Wildman–Crippen MR) is 82.5 cm³/mol. The van der Waals surface area contributed by atoms with E-state index < -0.39 is 24.4 Å². The molecule has 1 aromatic carbocycles. The molecule has 0 atom stereocenters. The van der Waals surface area contributed by atoms with Gasteiger partial charge in [-0.2, -0.15) is 18.3 Å². The van der Waals surface area contributed by atoms with E-state index in [1.54, 1.807) is 12.1 Å². The van der Waals surface area contributed by atoms with Gasteiger partial charge in [-0.15, -0.1) is 0 Å². The summed E-state index contributed by atoms with van der Waals surface area (Å²) in [5.74, 6) is -0.481. The van der Waals surface area contributed by atoms with Crippen LogP contribution in [0.4, 0.5) is 18.9 Å². The molecule has 1 amide bonds. The van der Waals surface area contributed by atoms with E-state index in [4.69, 9.17) is 5.11 Å². The van der Waals surface area contributed by atoms with Crippen molar-refractivity contribution in [1.29, 1.82) is 0 Å². The Kier molecular flexibility index (Phi) is 5.61. The first-order chi connectivity index (χ1) is 11.3. The van der Waals surface area contributed by atoms with Gasteiger partial charge >= 0.3 is 6.18 Å². The van der Waals surface area contributed by atoms with Gasteiger partial charge in [-0.25, -0.2) is 0 Å². The van der Waals surface area contributed by atoms with Gasteiger partial charge < -0.3 is 10.4 Å². The fourth-order valence-corrected chi connectivity index (χ4v) is 2.26. The Hall–Kier alpha value is -2.35. The number of carbonyl (C=O) groups excluding carboxylic acids is 1. The second kappa shape index (κ2) is 7.48. The van der Waals surface area contributed by atoms with Crippen LogP contribution in [0.2, 0.25) is 0 Å². The molecule has 1 aromatic heterocycles. The van der Waals surface area contributed by atoms with Crippen molar-refractivity contribution in [3.8, 4) is 0 Å². The van der Waals surface area contributed by atoms with Gasteiger partial charge in [0.15, 0.2) is 5.69 Å². The Morgan fingerprint density at radius 3 is 2.50 bits per heavy atom. The summed E-state index contributed by atoms with van der Waals surface area (Å²) in [6.45, 7) is 1.24. The average molecular weight is 341 g/mol. The third-order valence-electron chi connectivity index (χ3n) is 3.44. The van der Waals surface area contributed by atoms with E-state index in [-0.39, 0.29) is 18.5 Å². The van der Waals surface area contributed by atoms with Crippen molar-refractivity contribution in [2.75, 3.05) is 11.9 Å². The van der Waals surface area contributed by atoms with Gasteiger partial charge in [-0.3, -0.25) is 9.48 Å². The number of aliphatic hydroxyl groups excluding tert-OH is 1. The Balaban J connectivity index is 2.07. The second-order valence-corrected chi connectivity index (χ2v) is 5.27. The molecule has 1 heterocycles. The third-order valence-corrected chi connectivity index (χ3v) is 3.44. The maximum Gasteiger partial charge on any atom is 0.435 e. The van der Waals surface area contributed by atoms with Crippen LogP contribution in [0.3, 0.4) is 0 Å². The largest absolute Gasteiger partial charge is 0.435 e. The Morgan fingerprint density at radius 1 is 1.29 bits per heavy atom. The number of hydrogen-bond donors (Lipinski definition) is 2. The van der Waals surface area contributed by atoms with Crippen molar-refractivity contribution in [3.63, 3.8) is 0 Å². The monoisotopic (exact) mass is 341 g/mol. The van der Waals surface area contributed by atoms with Crippen LogP contribution in [0.15, 0.2) is 30.5 Å². The molecule has 0 fully saturated rings. The fourth-order valence-electron chi connectivity index (χ4n) is 2.26. The number of alkyl halides is 3. The highest BCUT2D eigenvalue weighted by molar-refractivity contribution is 5.90. The molecular weight excluding hydrogens is 323 g/mol. The molecule has 0 aliphatic heterocycles. The van der Waals surface area contributed by atoms with Gasteiger partial charge in [0.25, 0.3) is 0 Å². The van der Waals surface area contributed by atoms with Gasteiger partial charge in [0, 0.05) is 24.1 Å². The second-order valence-electron chi connectivity index (χ2n) is 5.27. The SMILES string of the molecule is CCc1ccc(NC(=O)Cn2cc(CCO)c(C(F)(F)F)n2)cc1. The number of anilines is 1. The number of nitrogens with zero attached hydrogens (tertiary/aromatic N) is 2. The molecule has 0 unspecified atom stereocenters. The van der Waals surface area contributed by atoms with Crippen molar-refractivity contribution in [3.05, 3.63) is 47.3 Å². The standard InChI is InChI=1S/C16H18F3N3O2/c1-2-11-3-5-13(6-4-11)20-14(24)10-22-9-12(7-8-23)15(21-22)16(17,18)19/h3-6,9,23H,2,7-8,10H2,1H3,(H,20,24). The summed E-state index contributed by atoms with van der Waals surface area (Å²) < 4.78 is 39.6. The zero-order valence-electron chi connectivity index (χ0n) is 13.1. The van der Waals surface area contributed by atoms with E-state index >= 15 is 0 Å². The molecule has 0 bridgehead atoms. The van der Waals surface area contributed by atoms with Crippen LogP contribution in [0.25, 0.3) is 0 Å². The molecule has 0 radical (unpaired) electrons. The zero-order valence-corrected chi connectivity index (χ0v) is 13.1. The number of benzene rings is 1. The van der Waals surface area contributed by atoms with E-state index in [2.05, 4.69) is 10.4 Å². The lowest BCUT2D eigenvalue weighted by Crippen LogP contribution is -2.19. The third kappa shape index (κ3) is 4.58. The van der Waals surface area contributed by atoms with E-state index in [9.17, 15) is 18.0 Å². The van der Waals surface area contributed by atoms with E-state index in [0.717, 1.165) is 22.9 Å². The molecule has 0 spiro atoms. The molecule has 24 heavy (non-hydrogen) atoms. The summed E-state index contributed by atoms with van der Waals surface area (Å²) in [4.78, 5) is 12.0. The quantitative estimate of drug-likeness (QED) is 0.849. The molecule has 0 aliphatic rings. The number of amides is 1. The highest BCUT2D eigenvalue weighted by Gasteiger charge is 2.37. The van der Waals surface area contributed by atoms with Crippen molar-refractivity contribution < 1.29 is 23.1 Å². The first kappa shape index (κ1) is 18.0. The number of aliphatic hydroxyl groups is 1. The summed E-state index contributed by atoms with van der Waals surface area (Å²) in [7, 11) is 0. The summed E-state index contributed by atoms with van der Waals surface area (Å²) >= 11 is 0. The first-order valence-electron chi connectivity index (χ1n) is 7.46. The van der Waals surface area contributed by atoms with E-state index in [1.165, 1.54) is 0 Å². The van der Waals surface area contributed by atoms with E-state index in [1.807, 2.05) is 19.1 Å². The number of halogens is 3. The zero-order chi connectivity index (χ0) is 17.7. The molecule has 0 aliphatic carbocycles. The summed E-state index contributed by atoms with van der Waals surface area (Å²) in [6, 6.07) is 7.20. The smallest absolute Gasteiger partial charge is 0.396 e. The summed E-state index contributed by atoms with van der Waals surface area (Å²) in [5, 5.41) is 14.9. The van der Waals surface area contributed by atoms with Crippen molar-refractivity contribution >= 4 is 11.6 Å². The molecule has 130 valence electrons. The molecule has 2 rings (SSSR count). The number of hydrogen-bond acceptors (Lipinski definition) is 3. The molecule has 8 heteroatoms. The normalized spacial score (nSPS) is 11.5. The first-order valence-corrected chi connectivity index (χ1v) is 7.46. The molecule has 2 aromatic rings. The summed E-state index contributed by atoms with van der Waals surface area (Å²) in [5.41, 5.74) is 0.473. The van der Waals surface area contributed by atoms with Crippen LogP contribution in [0, 0.1) is 0 Å².